The summed E-state index contributed by atoms with van der Waals surface area (Å²) in [5.41, 5.74) is 0.342. The molecule has 9 heteroatoms. The van der Waals surface area contributed by atoms with Crippen molar-refractivity contribution in [3.8, 4) is 0 Å². The van der Waals surface area contributed by atoms with Crippen LogP contribution in [0.5, 0.6) is 0 Å². The van der Waals surface area contributed by atoms with Crippen molar-refractivity contribution in [1.82, 2.24) is 10.2 Å². The molecule has 1 saturated heterocycles. The van der Waals surface area contributed by atoms with Gasteiger partial charge in [0.15, 0.2) is 0 Å². The van der Waals surface area contributed by atoms with Crippen LogP contribution < -0.4 is 5.32 Å². The lowest BCUT2D eigenvalue weighted by atomic mass is 9.95. The lowest BCUT2D eigenvalue weighted by Crippen LogP contribution is -2.45. The second-order valence-electron chi connectivity index (χ2n) is 11.4. The maximum Gasteiger partial charge on any atom is 0.309 e. The number of aliphatic hydroxyl groups is 1. The number of hydrogen-bond acceptors (Lipinski definition) is 7. The third-order valence-electron chi connectivity index (χ3n) is 6.94. The first-order chi connectivity index (χ1) is 18.6. The molecule has 0 unspecified atom stereocenters. The highest BCUT2D eigenvalue weighted by molar-refractivity contribution is 5.86. The summed E-state index contributed by atoms with van der Waals surface area (Å²) in [6, 6.07) is 8.88. The molecule has 1 aromatic carbocycles. The van der Waals surface area contributed by atoms with Crippen LogP contribution in [0.1, 0.15) is 64.9 Å². The topological polar surface area (TPSA) is 122 Å². The van der Waals surface area contributed by atoms with E-state index < -0.39 is 35.4 Å². The van der Waals surface area contributed by atoms with Gasteiger partial charge in [0.1, 0.15) is 12.2 Å². The molecule has 0 aliphatic carbocycles. The Morgan fingerprint density at radius 3 is 2.46 bits per heavy atom. The Balaban J connectivity index is 1.69. The second kappa shape index (κ2) is 14.3. The molecule has 0 bridgehead atoms. The van der Waals surface area contributed by atoms with Crippen molar-refractivity contribution in [1.29, 1.82) is 0 Å². The average molecular weight is 543 g/mol. The van der Waals surface area contributed by atoms with Crippen molar-refractivity contribution in [3.63, 3.8) is 0 Å². The van der Waals surface area contributed by atoms with Crippen LogP contribution in [0.3, 0.4) is 0 Å². The first-order valence-electron chi connectivity index (χ1n) is 13.8. The molecular weight excluding hydrogens is 500 g/mol. The smallest absolute Gasteiger partial charge is 0.309 e. The summed E-state index contributed by atoms with van der Waals surface area (Å²) in [5, 5.41) is 12.7. The summed E-state index contributed by atoms with van der Waals surface area (Å²) < 4.78 is 11.0. The molecule has 2 amide bonds. The first kappa shape index (κ1) is 30.3. The molecule has 1 aromatic rings. The van der Waals surface area contributed by atoms with Gasteiger partial charge in [-0.25, -0.2) is 0 Å². The Morgan fingerprint density at radius 1 is 1.10 bits per heavy atom. The van der Waals surface area contributed by atoms with Crippen LogP contribution in [-0.4, -0.2) is 71.2 Å². The minimum Gasteiger partial charge on any atom is -0.463 e. The SMILES string of the molecule is CC(C)(C)OC(=O)C[C@H]1C/C=C/C[C@H](CC(=O)N[C@H](CO)Cc2ccccc2)C(=O)N2CCC[C@@H]2COC1=O. The maximum absolute atomic E-state index is 13.5. The molecule has 0 aromatic heterocycles. The van der Waals surface area contributed by atoms with Crippen LogP contribution in [0.15, 0.2) is 42.5 Å². The highest BCUT2D eigenvalue weighted by atomic mass is 16.6. The molecule has 2 heterocycles. The van der Waals surface area contributed by atoms with Crippen LogP contribution in [0.25, 0.3) is 0 Å². The number of fused-ring (bicyclic) bond motifs is 1. The lowest BCUT2D eigenvalue weighted by Gasteiger charge is -2.29. The summed E-state index contributed by atoms with van der Waals surface area (Å²) in [6.45, 7) is 5.71. The first-order valence-corrected chi connectivity index (χ1v) is 13.8. The van der Waals surface area contributed by atoms with Gasteiger partial charge in [-0.3, -0.25) is 19.2 Å². The Bertz CT molecular complexity index is 1020. The number of carbonyl (C=O) groups excluding carboxylic acids is 4. The number of nitrogens with one attached hydrogen (secondary N) is 1. The number of carbonyl (C=O) groups is 4. The molecule has 2 aliphatic heterocycles. The van der Waals surface area contributed by atoms with Gasteiger partial charge in [0, 0.05) is 13.0 Å². The predicted molar refractivity (Wildman–Crippen MR) is 145 cm³/mol. The Kier molecular flexibility index (Phi) is 11.1. The molecule has 9 nitrogen and oxygen atoms in total. The van der Waals surface area contributed by atoms with Gasteiger partial charge in [0.2, 0.25) is 11.8 Å². The average Bonchev–Trinajstić information content (AvgIpc) is 3.35. The fraction of sp³-hybridized carbons (Fsp3) is 0.600. The van der Waals surface area contributed by atoms with Crippen molar-refractivity contribution >= 4 is 23.8 Å². The standard InChI is InChI=1S/C30H42N2O7/c1-30(2,3)39-27(35)18-23-13-8-7-12-22(28(36)32-15-9-14-25(32)20-38-29(23)37)17-26(34)31-24(19-33)16-21-10-5-4-6-11-21/h4-8,10-11,22-25,33H,9,12-20H2,1-3H3,(H,31,34)/b8-7+/t22-,23-,24+,25-/m1/s1. The number of allylic oxidation sites excluding steroid dienone is 2. The maximum atomic E-state index is 13.5. The summed E-state index contributed by atoms with van der Waals surface area (Å²) in [7, 11) is 0. The fourth-order valence-electron chi connectivity index (χ4n) is 5.04. The normalized spacial score (nSPS) is 24.0. The van der Waals surface area contributed by atoms with Gasteiger partial charge in [-0.1, -0.05) is 42.5 Å². The van der Waals surface area contributed by atoms with Crippen molar-refractivity contribution in [2.75, 3.05) is 19.8 Å². The Morgan fingerprint density at radius 2 is 1.79 bits per heavy atom. The molecule has 214 valence electrons. The molecule has 0 radical (unpaired) electrons. The molecule has 1 fully saturated rings. The van der Waals surface area contributed by atoms with Crippen LogP contribution in [-0.2, 0) is 35.1 Å². The number of aliphatic hydroxyl groups excluding tert-OH is 1. The summed E-state index contributed by atoms with van der Waals surface area (Å²) in [5.74, 6) is -2.65. The molecule has 3 rings (SSSR count). The van der Waals surface area contributed by atoms with Gasteiger partial charge < -0.3 is 24.8 Å². The molecule has 4 atom stereocenters. The highest BCUT2D eigenvalue weighted by Gasteiger charge is 2.36. The largest absolute Gasteiger partial charge is 0.463 e. The van der Waals surface area contributed by atoms with Crippen molar-refractivity contribution < 1.29 is 33.8 Å². The highest BCUT2D eigenvalue weighted by Crippen LogP contribution is 2.26. The van der Waals surface area contributed by atoms with Crippen LogP contribution >= 0.6 is 0 Å². The van der Waals surface area contributed by atoms with E-state index in [9.17, 15) is 24.3 Å². The molecule has 0 saturated carbocycles. The molecule has 39 heavy (non-hydrogen) atoms. The van der Waals surface area contributed by atoms with Crippen LogP contribution in [0.2, 0.25) is 0 Å². The number of benzene rings is 1. The van der Waals surface area contributed by atoms with Gasteiger partial charge >= 0.3 is 11.9 Å². The van der Waals surface area contributed by atoms with Gasteiger partial charge in [-0.15, -0.1) is 0 Å². The van der Waals surface area contributed by atoms with E-state index in [4.69, 9.17) is 9.47 Å². The quantitative estimate of drug-likeness (QED) is 0.383. The van der Waals surface area contributed by atoms with Crippen molar-refractivity contribution in [2.24, 2.45) is 11.8 Å². The monoisotopic (exact) mass is 542 g/mol. The van der Waals surface area contributed by atoms with Gasteiger partial charge in [-0.05, 0) is 58.4 Å². The number of ether oxygens (including phenoxy) is 2. The van der Waals surface area contributed by atoms with Gasteiger partial charge in [-0.2, -0.15) is 0 Å². The third kappa shape index (κ3) is 9.80. The third-order valence-corrected chi connectivity index (χ3v) is 6.94. The van der Waals surface area contributed by atoms with E-state index in [-0.39, 0.29) is 50.3 Å². The summed E-state index contributed by atoms with van der Waals surface area (Å²) in [4.78, 5) is 53.4. The number of rotatable bonds is 8. The van der Waals surface area contributed by atoms with E-state index in [1.165, 1.54) is 0 Å². The van der Waals surface area contributed by atoms with E-state index in [1.54, 1.807) is 37.8 Å². The molecule has 2 aliphatic rings. The molecule has 0 spiro atoms. The van der Waals surface area contributed by atoms with E-state index >= 15 is 0 Å². The minimum absolute atomic E-state index is 0.0151. The van der Waals surface area contributed by atoms with Gasteiger partial charge in [0.05, 0.1) is 36.9 Å². The lowest BCUT2D eigenvalue weighted by molar-refractivity contribution is -0.162. The predicted octanol–water partition coefficient (Wildman–Crippen LogP) is 2.94. The van der Waals surface area contributed by atoms with Crippen LogP contribution in [0, 0.1) is 11.8 Å². The van der Waals surface area contributed by atoms with Gasteiger partial charge in [0.25, 0.3) is 0 Å². The zero-order valence-electron chi connectivity index (χ0n) is 23.3. The number of nitrogens with zero attached hydrogens (tertiary/aromatic N) is 1. The van der Waals surface area contributed by atoms with E-state index in [0.29, 0.717) is 25.8 Å². The summed E-state index contributed by atoms with van der Waals surface area (Å²) >= 11 is 0. The fourth-order valence-corrected chi connectivity index (χ4v) is 5.04. The Labute approximate surface area is 230 Å². The summed E-state index contributed by atoms with van der Waals surface area (Å²) in [6.07, 6.45) is 6.02. The number of esters is 2. The van der Waals surface area contributed by atoms with E-state index in [1.807, 2.05) is 30.3 Å². The minimum atomic E-state index is -0.689. The second-order valence-corrected chi connectivity index (χ2v) is 11.4. The van der Waals surface area contributed by atoms with Crippen molar-refractivity contribution in [2.45, 2.75) is 83.4 Å². The van der Waals surface area contributed by atoms with E-state index in [2.05, 4.69) is 5.32 Å². The zero-order chi connectivity index (χ0) is 28.4. The zero-order valence-corrected chi connectivity index (χ0v) is 23.3. The number of hydrogen-bond donors (Lipinski definition) is 2. The number of cyclic esters (lactones) is 1. The van der Waals surface area contributed by atoms with E-state index in [0.717, 1.165) is 12.0 Å². The van der Waals surface area contributed by atoms with Crippen LogP contribution in [0.4, 0.5) is 0 Å². The molecule has 2 N–H and O–H groups in total. The van der Waals surface area contributed by atoms with Crippen molar-refractivity contribution in [3.05, 3.63) is 48.0 Å². The number of amides is 2. The molecular formula is C30H42N2O7. The Hall–Kier alpha value is -3.20.